The highest BCUT2D eigenvalue weighted by Crippen LogP contribution is 2.23. The van der Waals surface area contributed by atoms with Crippen molar-refractivity contribution in [1.29, 1.82) is 0 Å². The van der Waals surface area contributed by atoms with Gasteiger partial charge < -0.3 is 9.64 Å². The molecule has 2 aliphatic rings. The van der Waals surface area contributed by atoms with E-state index in [1.54, 1.807) is 0 Å². The highest BCUT2D eigenvalue weighted by atomic mass is 16.5. The molecule has 4 unspecified atom stereocenters. The number of hydrogen-bond acceptors (Lipinski definition) is 3. The van der Waals surface area contributed by atoms with Gasteiger partial charge >= 0.3 is 0 Å². The summed E-state index contributed by atoms with van der Waals surface area (Å²) in [6.07, 6.45) is 5.91. The number of ether oxygens (including phenoxy) is 1. The summed E-state index contributed by atoms with van der Waals surface area (Å²) in [7, 11) is 0. The Morgan fingerprint density at radius 1 is 1.42 bits per heavy atom. The average Bonchev–Trinajstić information content (AvgIpc) is 2.76. The molecule has 1 amide bonds. The summed E-state index contributed by atoms with van der Waals surface area (Å²) in [6, 6.07) is -0.00135. The van der Waals surface area contributed by atoms with Crippen LogP contribution in [0.15, 0.2) is 0 Å². The zero-order chi connectivity index (χ0) is 13.8. The molecule has 0 bridgehead atoms. The van der Waals surface area contributed by atoms with Crippen molar-refractivity contribution >= 4 is 5.91 Å². The van der Waals surface area contributed by atoms with Crippen LogP contribution in [0.1, 0.15) is 52.9 Å². The number of nitrogens with zero attached hydrogens (tertiary/aromatic N) is 1. The lowest BCUT2D eigenvalue weighted by molar-refractivity contribution is -0.133. The van der Waals surface area contributed by atoms with Gasteiger partial charge in [0.25, 0.3) is 0 Å². The summed E-state index contributed by atoms with van der Waals surface area (Å²) in [5, 5.41) is 3.50. The van der Waals surface area contributed by atoms with Crippen LogP contribution in [0, 0.1) is 5.92 Å². The van der Waals surface area contributed by atoms with E-state index in [0.29, 0.717) is 5.92 Å². The van der Waals surface area contributed by atoms with Gasteiger partial charge in [-0.1, -0.05) is 27.2 Å². The first-order chi connectivity index (χ1) is 9.17. The summed E-state index contributed by atoms with van der Waals surface area (Å²) in [6.45, 7) is 8.05. The van der Waals surface area contributed by atoms with Crippen LogP contribution in [0.3, 0.4) is 0 Å². The van der Waals surface area contributed by atoms with Crippen LogP contribution in [-0.4, -0.2) is 42.3 Å². The Hall–Kier alpha value is -0.610. The molecule has 0 aromatic rings. The number of carbonyl (C=O) groups is 1. The standard InChI is InChI=1S/C15H28N2O2/c1-4-11(3)14-15(18)17(13(5-2)16-14)10-12-8-6-7-9-19-12/h11-14,16H,4-10H2,1-3H3. The molecule has 110 valence electrons. The maximum absolute atomic E-state index is 12.6. The van der Waals surface area contributed by atoms with E-state index < -0.39 is 0 Å². The van der Waals surface area contributed by atoms with E-state index in [9.17, 15) is 4.79 Å². The highest BCUT2D eigenvalue weighted by Gasteiger charge is 2.41. The molecule has 19 heavy (non-hydrogen) atoms. The van der Waals surface area contributed by atoms with Gasteiger partial charge in [-0.05, 0) is 31.6 Å². The number of nitrogens with one attached hydrogen (secondary N) is 1. The van der Waals surface area contributed by atoms with Crippen LogP contribution >= 0.6 is 0 Å². The topological polar surface area (TPSA) is 41.6 Å². The third-order valence-corrected chi connectivity index (χ3v) is 4.57. The van der Waals surface area contributed by atoms with E-state index in [2.05, 4.69) is 26.1 Å². The molecule has 0 aliphatic carbocycles. The van der Waals surface area contributed by atoms with Gasteiger partial charge in [0, 0.05) is 13.2 Å². The first-order valence-corrected chi connectivity index (χ1v) is 7.85. The third kappa shape index (κ3) is 3.29. The van der Waals surface area contributed by atoms with Crippen LogP contribution < -0.4 is 5.32 Å². The molecule has 2 heterocycles. The molecule has 2 saturated heterocycles. The lowest BCUT2D eigenvalue weighted by atomic mass is 9.99. The fraction of sp³-hybridized carbons (Fsp3) is 0.933. The van der Waals surface area contributed by atoms with Crippen LogP contribution in [0.5, 0.6) is 0 Å². The Bertz CT molecular complexity index is 303. The molecule has 0 radical (unpaired) electrons. The minimum Gasteiger partial charge on any atom is -0.376 e. The molecule has 4 nitrogen and oxygen atoms in total. The van der Waals surface area contributed by atoms with Crippen molar-refractivity contribution in [3.8, 4) is 0 Å². The van der Waals surface area contributed by atoms with E-state index in [1.807, 2.05) is 4.90 Å². The Balaban J connectivity index is 1.98. The summed E-state index contributed by atoms with van der Waals surface area (Å²) in [5.41, 5.74) is 0. The fourth-order valence-corrected chi connectivity index (χ4v) is 3.07. The summed E-state index contributed by atoms with van der Waals surface area (Å²) in [5.74, 6) is 0.675. The van der Waals surface area contributed by atoms with Crippen LogP contribution in [0.4, 0.5) is 0 Å². The first-order valence-electron chi connectivity index (χ1n) is 7.85. The second-order valence-corrected chi connectivity index (χ2v) is 5.93. The second-order valence-electron chi connectivity index (χ2n) is 5.93. The Morgan fingerprint density at radius 3 is 2.79 bits per heavy atom. The summed E-state index contributed by atoms with van der Waals surface area (Å²) >= 11 is 0. The van der Waals surface area contributed by atoms with Crippen molar-refractivity contribution in [3.05, 3.63) is 0 Å². The van der Waals surface area contributed by atoms with Gasteiger partial charge in [0.2, 0.25) is 5.91 Å². The van der Waals surface area contributed by atoms with E-state index in [0.717, 1.165) is 38.8 Å². The van der Waals surface area contributed by atoms with Crippen molar-refractivity contribution in [2.75, 3.05) is 13.2 Å². The largest absolute Gasteiger partial charge is 0.376 e. The van der Waals surface area contributed by atoms with E-state index in [-0.39, 0.29) is 24.2 Å². The smallest absolute Gasteiger partial charge is 0.241 e. The van der Waals surface area contributed by atoms with Gasteiger partial charge in [0.1, 0.15) is 0 Å². The highest BCUT2D eigenvalue weighted by molar-refractivity contribution is 5.84. The van der Waals surface area contributed by atoms with Gasteiger partial charge in [0.15, 0.2) is 0 Å². The van der Waals surface area contributed by atoms with Crippen molar-refractivity contribution in [2.24, 2.45) is 5.92 Å². The van der Waals surface area contributed by atoms with Gasteiger partial charge in [-0.15, -0.1) is 0 Å². The lowest BCUT2D eigenvalue weighted by Crippen LogP contribution is -2.43. The van der Waals surface area contributed by atoms with Gasteiger partial charge in [-0.2, -0.15) is 0 Å². The molecule has 0 spiro atoms. The third-order valence-electron chi connectivity index (χ3n) is 4.57. The Kier molecular flexibility index (Phi) is 5.22. The van der Waals surface area contributed by atoms with E-state index >= 15 is 0 Å². The first kappa shape index (κ1) is 14.8. The molecule has 4 heteroatoms. The monoisotopic (exact) mass is 268 g/mol. The van der Waals surface area contributed by atoms with Crippen molar-refractivity contribution < 1.29 is 9.53 Å². The second kappa shape index (κ2) is 6.71. The number of amides is 1. The molecule has 0 aromatic carbocycles. The molecule has 4 atom stereocenters. The molecule has 2 aliphatic heterocycles. The van der Waals surface area contributed by atoms with Gasteiger partial charge in [-0.3, -0.25) is 10.1 Å². The molecule has 1 N–H and O–H groups in total. The minimum atomic E-state index is -0.00135. The van der Waals surface area contributed by atoms with Crippen LogP contribution in [0.25, 0.3) is 0 Å². The average molecular weight is 268 g/mol. The predicted molar refractivity (Wildman–Crippen MR) is 75.8 cm³/mol. The maximum Gasteiger partial charge on any atom is 0.241 e. The maximum atomic E-state index is 12.6. The quantitative estimate of drug-likeness (QED) is 0.830. The van der Waals surface area contributed by atoms with Crippen molar-refractivity contribution in [1.82, 2.24) is 10.2 Å². The number of hydrogen-bond donors (Lipinski definition) is 1. The normalized spacial score (nSPS) is 33.7. The zero-order valence-electron chi connectivity index (χ0n) is 12.5. The summed E-state index contributed by atoms with van der Waals surface area (Å²) in [4.78, 5) is 14.6. The molecule has 0 aromatic heterocycles. The summed E-state index contributed by atoms with van der Waals surface area (Å²) < 4.78 is 5.78. The Labute approximate surface area is 116 Å². The van der Waals surface area contributed by atoms with Gasteiger partial charge in [-0.25, -0.2) is 0 Å². The van der Waals surface area contributed by atoms with Crippen molar-refractivity contribution in [2.45, 2.75) is 71.2 Å². The predicted octanol–water partition coefficient (Wildman–Crippen LogP) is 2.14. The van der Waals surface area contributed by atoms with E-state index in [1.165, 1.54) is 6.42 Å². The molecule has 0 saturated carbocycles. The minimum absolute atomic E-state index is 0.00135. The van der Waals surface area contributed by atoms with Crippen molar-refractivity contribution in [3.63, 3.8) is 0 Å². The lowest BCUT2D eigenvalue weighted by Gasteiger charge is -2.30. The molecule has 2 fully saturated rings. The van der Waals surface area contributed by atoms with Gasteiger partial charge in [0.05, 0.1) is 18.3 Å². The molecular weight excluding hydrogens is 240 g/mol. The fourth-order valence-electron chi connectivity index (χ4n) is 3.07. The molecular formula is C15H28N2O2. The zero-order valence-corrected chi connectivity index (χ0v) is 12.5. The number of carbonyl (C=O) groups excluding carboxylic acids is 1. The van der Waals surface area contributed by atoms with Crippen LogP contribution in [0.2, 0.25) is 0 Å². The number of rotatable bonds is 5. The van der Waals surface area contributed by atoms with Crippen LogP contribution in [-0.2, 0) is 9.53 Å². The van der Waals surface area contributed by atoms with E-state index in [4.69, 9.17) is 4.74 Å². The Morgan fingerprint density at radius 2 is 2.21 bits per heavy atom. The molecule has 2 rings (SSSR count). The SMILES string of the molecule is CCC(C)C1NC(CC)N(CC2CCCCO2)C1=O.